The summed E-state index contributed by atoms with van der Waals surface area (Å²) in [5, 5.41) is 3.67. The van der Waals surface area contributed by atoms with E-state index in [1.807, 2.05) is 30.3 Å². The average Bonchev–Trinajstić information content (AvgIpc) is 3.11. The molecule has 0 radical (unpaired) electrons. The van der Waals surface area contributed by atoms with Crippen molar-refractivity contribution in [1.29, 1.82) is 0 Å². The predicted octanol–water partition coefficient (Wildman–Crippen LogP) is 5.49. The van der Waals surface area contributed by atoms with Gasteiger partial charge in [0.1, 0.15) is 0 Å². The van der Waals surface area contributed by atoms with Gasteiger partial charge >= 0.3 is 0 Å². The van der Waals surface area contributed by atoms with E-state index in [1.54, 1.807) is 23.1 Å². The maximum atomic E-state index is 12.5. The molecule has 2 aromatic carbocycles. The fraction of sp³-hybridized carbons (Fsp3) is 0.273. The highest BCUT2D eigenvalue weighted by Gasteiger charge is 2.21. The fourth-order valence-corrected chi connectivity index (χ4v) is 5.02. The van der Waals surface area contributed by atoms with Gasteiger partial charge in [0.05, 0.1) is 5.69 Å². The van der Waals surface area contributed by atoms with Gasteiger partial charge in [-0.2, -0.15) is 0 Å². The highest BCUT2D eigenvalue weighted by molar-refractivity contribution is 7.99. The molecule has 4 nitrogen and oxygen atoms in total. The molecule has 3 aromatic rings. The van der Waals surface area contributed by atoms with Crippen molar-refractivity contribution < 1.29 is 4.79 Å². The number of carbonyl (C=O) groups is 1. The van der Waals surface area contributed by atoms with E-state index in [4.69, 9.17) is 0 Å². The van der Waals surface area contributed by atoms with Crippen LogP contribution in [0.15, 0.2) is 59.5 Å². The van der Waals surface area contributed by atoms with Crippen LogP contribution in [0.1, 0.15) is 33.4 Å². The molecule has 1 aliphatic heterocycles. The van der Waals surface area contributed by atoms with Crippen molar-refractivity contribution in [2.75, 3.05) is 17.6 Å². The van der Waals surface area contributed by atoms with Gasteiger partial charge in [-0.25, -0.2) is 4.98 Å². The van der Waals surface area contributed by atoms with Gasteiger partial charge < -0.3 is 0 Å². The SMILES string of the molecule is CCSc1ccc(C(=O)Nc2nc3c(s2)CN(Cc2ccccc2)CC3)cc1.Cl. The summed E-state index contributed by atoms with van der Waals surface area (Å²) >= 11 is 3.37. The number of carbonyl (C=O) groups excluding carboxylic acids is 1. The van der Waals surface area contributed by atoms with Gasteiger partial charge in [-0.1, -0.05) is 37.3 Å². The number of nitrogens with one attached hydrogen (secondary N) is 1. The van der Waals surface area contributed by atoms with Gasteiger partial charge in [0.15, 0.2) is 5.13 Å². The Hall–Kier alpha value is -1.86. The van der Waals surface area contributed by atoms with E-state index < -0.39 is 0 Å². The first-order valence-corrected chi connectivity index (χ1v) is 11.3. The van der Waals surface area contributed by atoms with E-state index >= 15 is 0 Å². The van der Waals surface area contributed by atoms with Gasteiger partial charge in [-0.05, 0) is 35.6 Å². The largest absolute Gasteiger partial charge is 0.298 e. The van der Waals surface area contributed by atoms with Crippen LogP contribution in [0.4, 0.5) is 5.13 Å². The molecule has 0 fully saturated rings. The fourth-order valence-electron chi connectivity index (χ4n) is 3.32. The zero-order chi connectivity index (χ0) is 19.3. The standard InChI is InChI=1S/C22H23N3OS2.ClH/c1-2-27-18-10-8-17(9-11-18)21(26)24-22-23-19-12-13-25(15-20(19)28-22)14-16-6-4-3-5-7-16;/h3-11H,2,12-15H2,1H3,(H,23,24,26);1H. The second-order valence-corrected chi connectivity index (χ2v) is 9.17. The third-order valence-electron chi connectivity index (χ3n) is 4.71. The van der Waals surface area contributed by atoms with E-state index in [2.05, 4.69) is 46.4 Å². The van der Waals surface area contributed by atoms with E-state index in [9.17, 15) is 4.79 Å². The summed E-state index contributed by atoms with van der Waals surface area (Å²) in [4.78, 5) is 22.1. The monoisotopic (exact) mass is 445 g/mol. The molecule has 0 aliphatic carbocycles. The number of thiazole rings is 1. The van der Waals surface area contributed by atoms with Crippen molar-refractivity contribution in [3.05, 3.63) is 76.3 Å². The van der Waals surface area contributed by atoms with E-state index in [0.717, 1.165) is 37.5 Å². The molecular weight excluding hydrogens is 422 g/mol. The van der Waals surface area contributed by atoms with Crippen LogP contribution in [0.5, 0.6) is 0 Å². The van der Waals surface area contributed by atoms with Crippen molar-refractivity contribution in [2.45, 2.75) is 31.3 Å². The molecule has 0 atom stereocenters. The summed E-state index contributed by atoms with van der Waals surface area (Å²) in [6, 6.07) is 18.3. The third-order valence-corrected chi connectivity index (χ3v) is 6.60. The summed E-state index contributed by atoms with van der Waals surface area (Å²) in [5.41, 5.74) is 3.12. The number of benzene rings is 2. The second-order valence-electron chi connectivity index (χ2n) is 6.75. The van der Waals surface area contributed by atoms with Crippen LogP contribution in [0.25, 0.3) is 0 Å². The molecule has 7 heteroatoms. The smallest absolute Gasteiger partial charge is 0.257 e. The number of nitrogens with zero attached hydrogens (tertiary/aromatic N) is 2. The molecular formula is C22H24ClN3OS2. The minimum absolute atomic E-state index is 0. The number of hydrogen-bond donors (Lipinski definition) is 1. The Morgan fingerprint density at radius 3 is 2.66 bits per heavy atom. The predicted molar refractivity (Wildman–Crippen MR) is 124 cm³/mol. The molecule has 1 aromatic heterocycles. The number of hydrogen-bond acceptors (Lipinski definition) is 5. The van der Waals surface area contributed by atoms with Crippen LogP contribution >= 0.6 is 35.5 Å². The van der Waals surface area contributed by atoms with Gasteiger partial charge in [-0.15, -0.1) is 35.5 Å². The Morgan fingerprint density at radius 2 is 1.93 bits per heavy atom. The topological polar surface area (TPSA) is 45.2 Å². The molecule has 0 bridgehead atoms. The van der Waals surface area contributed by atoms with Crippen molar-refractivity contribution in [1.82, 2.24) is 9.88 Å². The lowest BCUT2D eigenvalue weighted by molar-refractivity contribution is 0.102. The summed E-state index contributed by atoms with van der Waals surface area (Å²) in [7, 11) is 0. The average molecular weight is 446 g/mol. The molecule has 2 heterocycles. The number of anilines is 1. The lowest BCUT2D eigenvalue weighted by Gasteiger charge is -2.25. The summed E-state index contributed by atoms with van der Waals surface area (Å²) in [6.07, 6.45) is 0.928. The Labute approximate surface area is 186 Å². The minimum atomic E-state index is -0.0970. The van der Waals surface area contributed by atoms with Crippen LogP contribution in [-0.4, -0.2) is 28.1 Å². The van der Waals surface area contributed by atoms with Crippen molar-refractivity contribution in [3.63, 3.8) is 0 Å². The molecule has 0 unspecified atom stereocenters. The van der Waals surface area contributed by atoms with Gasteiger partial charge in [0, 0.05) is 41.4 Å². The Bertz CT molecular complexity index is 944. The molecule has 0 spiro atoms. The number of amides is 1. The molecule has 1 amide bonds. The highest BCUT2D eigenvalue weighted by Crippen LogP contribution is 2.29. The van der Waals surface area contributed by atoms with Gasteiger partial charge in [0.25, 0.3) is 5.91 Å². The quantitative estimate of drug-likeness (QED) is 0.509. The van der Waals surface area contributed by atoms with Crippen LogP contribution in [-0.2, 0) is 19.5 Å². The first-order valence-electron chi connectivity index (χ1n) is 9.50. The second kappa shape index (κ2) is 10.3. The van der Waals surface area contributed by atoms with Crippen molar-refractivity contribution in [2.24, 2.45) is 0 Å². The van der Waals surface area contributed by atoms with Gasteiger partial charge in [0.2, 0.25) is 0 Å². The van der Waals surface area contributed by atoms with Crippen LogP contribution in [0.2, 0.25) is 0 Å². The maximum Gasteiger partial charge on any atom is 0.257 e. The summed E-state index contributed by atoms with van der Waals surface area (Å²) < 4.78 is 0. The third kappa shape index (κ3) is 5.60. The van der Waals surface area contributed by atoms with Crippen LogP contribution < -0.4 is 5.32 Å². The number of rotatable bonds is 6. The molecule has 1 N–H and O–H groups in total. The molecule has 29 heavy (non-hydrogen) atoms. The van der Waals surface area contributed by atoms with Crippen LogP contribution in [0, 0.1) is 0 Å². The molecule has 4 rings (SSSR count). The molecule has 152 valence electrons. The minimum Gasteiger partial charge on any atom is -0.298 e. The lowest BCUT2D eigenvalue weighted by atomic mass is 10.1. The molecule has 0 saturated heterocycles. The Morgan fingerprint density at radius 1 is 1.17 bits per heavy atom. The van der Waals surface area contributed by atoms with Crippen molar-refractivity contribution >= 4 is 46.5 Å². The molecule has 0 saturated carbocycles. The number of thioether (sulfide) groups is 1. The van der Waals surface area contributed by atoms with E-state index in [-0.39, 0.29) is 18.3 Å². The zero-order valence-corrected chi connectivity index (χ0v) is 18.7. The van der Waals surface area contributed by atoms with E-state index in [1.165, 1.54) is 15.3 Å². The number of aromatic nitrogens is 1. The maximum absolute atomic E-state index is 12.5. The normalized spacial score (nSPS) is 13.4. The first kappa shape index (κ1) is 21.8. The van der Waals surface area contributed by atoms with Crippen molar-refractivity contribution in [3.8, 4) is 0 Å². The Kier molecular flexibility index (Phi) is 7.72. The zero-order valence-electron chi connectivity index (χ0n) is 16.3. The number of halogens is 1. The summed E-state index contributed by atoms with van der Waals surface area (Å²) in [5.74, 6) is 0.928. The first-order chi connectivity index (χ1) is 13.7. The lowest BCUT2D eigenvalue weighted by Crippen LogP contribution is -2.29. The van der Waals surface area contributed by atoms with Gasteiger partial charge in [-0.3, -0.25) is 15.0 Å². The highest BCUT2D eigenvalue weighted by atomic mass is 35.5. The molecule has 1 aliphatic rings. The van der Waals surface area contributed by atoms with E-state index in [0.29, 0.717) is 10.7 Å². The van der Waals surface area contributed by atoms with Crippen LogP contribution in [0.3, 0.4) is 0 Å². The summed E-state index contributed by atoms with van der Waals surface area (Å²) in [6.45, 7) is 4.95. The Balaban J connectivity index is 0.00000240. The number of fused-ring (bicyclic) bond motifs is 1.